The summed E-state index contributed by atoms with van der Waals surface area (Å²) in [7, 11) is -3.73. The van der Waals surface area contributed by atoms with E-state index in [1.165, 1.54) is 11.2 Å². The van der Waals surface area contributed by atoms with Gasteiger partial charge in [0.05, 0.1) is 0 Å². The van der Waals surface area contributed by atoms with Gasteiger partial charge in [0.25, 0.3) is 12.3 Å². The lowest BCUT2D eigenvalue weighted by molar-refractivity contribution is 0.0995. The van der Waals surface area contributed by atoms with Crippen molar-refractivity contribution in [3.63, 3.8) is 0 Å². The van der Waals surface area contributed by atoms with Crippen molar-refractivity contribution in [2.24, 2.45) is 0 Å². The molecule has 1 fully saturated rings. The molecule has 0 aliphatic carbocycles. The normalized spacial score (nSPS) is 15.8. The second-order valence-corrected chi connectivity index (χ2v) is 8.26. The SMILES string of the molecule is Cc1oc(C(=O)Nc2nnc(C(F)F)s2)cc1S(=O)(=O)N1CCCC1. The molecule has 0 atom stereocenters. The minimum absolute atomic E-state index is 0.0786. The van der Waals surface area contributed by atoms with Crippen molar-refractivity contribution >= 4 is 32.4 Å². The molecule has 0 saturated carbocycles. The zero-order chi connectivity index (χ0) is 18.2. The van der Waals surface area contributed by atoms with Crippen molar-refractivity contribution in [1.29, 1.82) is 0 Å². The summed E-state index contributed by atoms with van der Waals surface area (Å²) >= 11 is 0.529. The molecule has 136 valence electrons. The molecular weight excluding hydrogens is 378 g/mol. The van der Waals surface area contributed by atoms with E-state index in [1.807, 2.05) is 0 Å². The Morgan fingerprint density at radius 1 is 1.36 bits per heavy atom. The number of alkyl halides is 2. The molecule has 0 unspecified atom stereocenters. The van der Waals surface area contributed by atoms with Crippen molar-refractivity contribution in [2.45, 2.75) is 31.1 Å². The van der Waals surface area contributed by atoms with Crippen LogP contribution in [0.5, 0.6) is 0 Å². The molecule has 1 amide bonds. The van der Waals surface area contributed by atoms with Crippen LogP contribution in [0, 0.1) is 6.92 Å². The van der Waals surface area contributed by atoms with Gasteiger partial charge in [-0.05, 0) is 19.8 Å². The number of hydrogen-bond acceptors (Lipinski definition) is 7. The predicted octanol–water partition coefficient (Wildman–Crippen LogP) is 2.41. The number of hydrogen-bond donors (Lipinski definition) is 1. The molecule has 1 N–H and O–H groups in total. The number of nitrogens with one attached hydrogen (secondary N) is 1. The number of aromatic nitrogens is 2. The van der Waals surface area contributed by atoms with Crippen LogP contribution < -0.4 is 5.32 Å². The van der Waals surface area contributed by atoms with E-state index in [0.717, 1.165) is 18.9 Å². The van der Waals surface area contributed by atoms with E-state index >= 15 is 0 Å². The van der Waals surface area contributed by atoms with Gasteiger partial charge in [-0.3, -0.25) is 10.1 Å². The molecule has 3 rings (SSSR count). The number of carbonyl (C=O) groups excluding carboxylic acids is 1. The average molecular weight is 392 g/mol. The number of amides is 1. The highest BCUT2D eigenvalue weighted by Gasteiger charge is 2.32. The highest BCUT2D eigenvalue weighted by Crippen LogP contribution is 2.28. The largest absolute Gasteiger partial charge is 0.455 e. The molecule has 2 aromatic rings. The summed E-state index contributed by atoms with van der Waals surface area (Å²) in [6.07, 6.45) is -1.22. The number of nitrogens with zero attached hydrogens (tertiary/aromatic N) is 3. The lowest BCUT2D eigenvalue weighted by Crippen LogP contribution is -2.28. The summed E-state index contributed by atoms with van der Waals surface area (Å²) < 4.78 is 56.7. The fourth-order valence-electron chi connectivity index (χ4n) is 2.43. The molecule has 1 saturated heterocycles. The molecule has 2 aromatic heterocycles. The Labute approximate surface area is 145 Å². The lowest BCUT2D eigenvalue weighted by Gasteiger charge is -2.14. The van der Waals surface area contributed by atoms with Crippen LogP contribution in [-0.2, 0) is 10.0 Å². The third-order valence-electron chi connectivity index (χ3n) is 3.63. The Kier molecular flexibility index (Phi) is 4.84. The fourth-order valence-corrected chi connectivity index (χ4v) is 4.71. The van der Waals surface area contributed by atoms with Crippen LogP contribution in [0.3, 0.4) is 0 Å². The molecule has 12 heteroatoms. The molecule has 8 nitrogen and oxygen atoms in total. The molecule has 1 aliphatic heterocycles. The first-order chi connectivity index (χ1) is 11.8. The zero-order valence-electron chi connectivity index (χ0n) is 13.0. The summed E-state index contributed by atoms with van der Waals surface area (Å²) in [5.41, 5.74) is 0. The van der Waals surface area contributed by atoms with Crippen molar-refractivity contribution < 1.29 is 26.4 Å². The van der Waals surface area contributed by atoms with E-state index in [-0.39, 0.29) is 21.5 Å². The number of aryl methyl sites for hydroxylation is 1. The number of rotatable bonds is 5. The van der Waals surface area contributed by atoms with E-state index < -0.39 is 27.4 Å². The summed E-state index contributed by atoms with van der Waals surface area (Å²) in [5, 5.41) is 8.29. The first kappa shape index (κ1) is 17.9. The van der Waals surface area contributed by atoms with Gasteiger partial charge in [0.15, 0.2) is 10.8 Å². The third-order valence-corrected chi connectivity index (χ3v) is 6.48. The van der Waals surface area contributed by atoms with Gasteiger partial charge in [-0.15, -0.1) is 10.2 Å². The maximum Gasteiger partial charge on any atom is 0.293 e. The molecule has 1 aliphatic rings. The number of carbonyl (C=O) groups is 1. The van der Waals surface area contributed by atoms with E-state index in [1.54, 1.807) is 0 Å². The van der Waals surface area contributed by atoms with E-state index in [4.69, 9.17) is 4.42 Å². The second kappa shape index (κ2) is 6.77. The van der Waals surface area contributed by atoms with Gasteiger partial charge >= 0.3 is 0 Å². The predicted molar refractivity (Wildman–Crippen MR) is 84.3 cm³/mol. The number of sulfonamides is 1. The number of anilines is 1. The van der Waals surface area contributed by atoms with Crippen LogP contribution in [0.25, 0.3) is 0 Å². The summed E-state index contributed by atoms with van der Waals surface area (Å²) in [4.78, 5) is 12.1. The first-order valence-electron chi connectivity index (χ1n) is 7.32. The van der Waals surface area contributed by atoms with Gasteiger partial charge in [0.1, 0.15) is 10.7 Å². The summed E-state index contributed by atoms with van der Waals surface area (Å²) in [5.74, 6) is -0.949. The van der Waals surface area contributed by atoms with Gasteiger partial charge < -0.3 is 4.42 Å². The van der Waals surface area contributed by atoms with Gasteiger partial charge in [0.2, 0.25) is 15.2 Å². The first-order valence-corrected chi connectivity index (χ1v) is 9.58. The fraction of sp³-hybridized carbons (Fsp3) is 0.462. The van der Waals surface area contributed by atoms with Gasteiger partial charge in [0, 0.05) is 19.2 Å². The molecule has 0 bridgehead atoms. The molecule has 0 spiro atoms. The monoisotopic (exact) mass is 392 g/mol. The Bertz CT molecular complexity index is 888. The average Bonchev–Trinajstić information content (AvgIpc) is 3.27. The lowest BCUT2D eigenvalue weighted by atomic mass is 10.4. The van der Waals surface area contributed by atoms with E-state index in [0.29, 0.717) is 24.4 Å². The van der Waals surface area contributed by atoms with E-state index in [2.05, 4.69) is 15.5 Å². The number of halogens is 2. The molecule has 0 radical (unpaired) electrons. The topological polar surface area (TPSA) is 105 Å². The Hall–Kier alpha value is -1.92. The van der Waals surface area contributed by atoms with Crippen LogP contribution in [0.4, 0.5) is 13.9 Å². The maximum atomic E-state index is 12.6. The highest BCUT2D eigenvalue weighted by molar-refractivity contribution is 7.89. The third kappa shape index (κ3) is 3.55. The Morgan fingerprint density at radius 3 is 2.64 bits per heavy atom. The Morgan fingerprint density at radius 2 is 2.04 bits per heavy atom. The minimum atomic E-state index is -3.73. The highest BCUT2D eigenvalue weighted by atomic mass is 32.2. The van der Waals surface area contributed by atoms with Gasteiger partial charge in [-0.1, -0.05) is 11.3 Å². The quantitative estimate of drug-likeness (QED) is 0.838. The molecule has 3 heterocycles. The second-order valence-electron chi connectivity index (χ2n) is 5.34. The zero-order valence-corrected chi connectivity index (χ0v) is 14.7. The number of furan rings is 1. The maximum absolute atomic E-state index is 12.6. The Balaban J connectivity index is 1.80. The van der Waals surface area contributed by atoms with Crippen LogP contribution in [0.2, 0.25) is 0 Å². The van der Waals surface area contributed by atoms with E-state index in [9.17, 15) is 22.0 Å². The van der Waals surface area contributed by atoms with Crippen LogP contribution in [-0.4, -0.2) is 41.9 Å². The summed E-state index contributed by atoms with van der Waals surface area (Å²) in [6.45, 7) is 2.30. The van der Waals surface area contributed by atoms with Crippen LogP contribution in [0.15, 0.2) is 15.4 Å². The molecular formula is C13H14F2N4O4S2. The van der Waals surface area contributed by atoms with Crippen molar-refractivity contribution in [1.82, 2.24) is 14.5 Å². The van der Waals surface area contributed by atoms with Crippen LogP contribution in [0.1, 0.15) is 40.6 Å². The van der Waals surface area contributed by atoms with Crippen molar-refractivity contribution in [3.05, 3.63) is 22.6 Å². The standard InChI is InChI=1S/C13H14F2N4O4S2/c1-7-9(25(21,22)19-4-2-3-5-19)6-8(23-7)11(20)16-13-18-17-12(24-13)10(14)15/h6,10H,2-5H2,1H3,(H,16,18,20). The van der Waals surface area contributed by atoms with Crippen molar-refractivity contribution in [2.75, 3.05) is 18.4 Å². The minimum Gasteiger partial charge on any atom is -0.455 e. The van der Waals surface area contributed by atoms with Gasteiger partial charge in [-0.25, -0.2) is 17.2 Å². The summed E-state index contributed by atoms with van der Waals surface area (Å²) in [6, 6.07) is 1.13. The van der Waals surface area contributed by atoms with Crippen molar-refractivity contribution in [3.8, 4) is 0 Å². The molecule has 25 heavy (non-hydrogen) atoms. The molecule has 0 aromatic carbocycles. The van der Waals surface area contributed by atoms with Gasteiger partial charge in [-0.2, -0.15) is 4.31 Å². The van der Waals surface area contributed by atoms with Crippen LogP contribution >= 0.6 is 11.3 Å². The smallest absolute Gasteiger partial charge is 0.293 e.